The van der Waals surface area contributed by atoms with Gasteiger partial charge < -0.3 is 0 Å². The third kappa shape index (κ3) is 3.25. The van der Waals surface area contributed by atoms with Crippen molar-refractivity contribution in [2.75, 3.05) is 13.1 Å². The first kappa shape index (κ1) is 13.6. The van der Waals surface area contributed by atoms with Gasteiger partial charge in [0.05, 0.1) is 5.54 Å². The van der Waals surface area contributed by atoms with Gasteiger partial charge in [0.25, 0.3) is 0 Å². The van der Waals surface area contributed by atoms with E-state index >= 15 is 0 Å². The summed E-state index contributed by atoms with van der Waals surface area (Å²) in [6.07, 6.45) is 9.51. The number of rotatable bonds is 3. The minimum Gasteiger partial charge on any atom is -0.288 e. The second kappa shape index (κ2) is 4.80. The smallest absolute Gasteiger partial charge is 0.0766 e. The van der Waals surface area contributed by atoms with Crippen molar-refractivity contribution in [3.8, 4) is 12.3 Å². The third-order valence-electron chi connectivity index (χ3n) is 4.02. The Bertz CT molecular complexity index is 262. The van der Waals surface area contributed by atoms with E-state index in [0.717, 1.165) is 19.0 Å². The summed E-state index contributed by atoms with van der Waals surface area (Å²) in [6, 6.07) is 0. The molecule has 0 aromatic heterocycles. The van der Waals surface area contributed by atoms with Crippen LogP contribution in [-0.4, -0.2) is 23.5 Å². The quantitative estimate of drug-likeness (QED) is 0.659. The van der Waals surface area contributed by atoms with E-state index in [2.05, 4.69) is 45.4 Å². The molecule has 0 atom stereocenters. The Labute approximate surface area is 102 Å². The number of piperidine rings is 1. The molecule has 0 radical (unpaired) electrons. The van der Waals surface area contributed by atoms with Gasteiger partial charge in [-0.25, -0.2) is 0 Å². The number of hydrogen-bond donors (Lipinski definition) is 0. The van der Waals surface area contributed by atoms with Gasteiger partial charge >= 0.3 is 0 Å². The molecule has 1 heteroatoms. The molecular formula is C15H27N. The molecule has 0 unspecified atom stereocenters. The molecule has 0 amide bonds. The lowest BCUT2D eigenvalue weighted by Gasteiger charge is -2.45. The lowest BCUT2D eigenvalue weighted by atomic mass is 9.74. The first-order valence-corrected chi connectivity index (χ1v) is 6.52. The summed E-state index contributed by atoms with van der Waals surface area (Å²) in [5.41, 5.74) is 0.467. The summed E-state index contributed by atoms with van der Waals surface area (Å²) in [5.74, 6) is 3.71. The SMILES string of the molecule is C#CC(C)(C)N1CCC(C)(CC(C)C)CC1. The molecule has 0 aliphatic carbocycles. The average molecular weight is 221 g/mol. The largest absolute Gasteiger partial charge is 0.288 e. The molecule has 1 nitrogen and oxygen atoms in total. The van der Waals surface area contributed by atoms with Crippen molar-refractivity contribution >= 4 is 0 Å². The van der Waals surface area contributed by atoms with Crippen LogP contribution in [0.3, 0.4) is 0 Å². The Balaban J connectivity index is 2.55. The van der Waals surface area contributed by atoms with E-state index in [-0.39, 0.29) is 5.54 Å². The minimum atomic E-state index is -0.0703. The maximum Gasteiger partial charge on any atom is 0.0766 e. The number of likely N-dealkylation sites (tertiary alicyclic amines) is 1. The topological polar surface area (TPSA) is 3.24 Å². The van der Waals surface area contributed by atoms with Gasteiger partial charge in [-0.2, -0.15) is 0 Å². The molecule has 0 aromatic rings. The molecule has 0 saturated carbocycles. The van der Waals surface area contributed by atoms with Crippen LogP contribution in [0.1, 0.15) is 53.9 Å². The van der Waals surface area contributed by atoms with Crippen molar-refractivity contribution in [3.63, 3.8) is 0 Å². The first-order chi connectivity index (χ1) is 7.29. The van der Waals surface area contributed by atoms with Crippen molar-refractivity contribution in [2.45, 2.75) is 59.4 Å². The molecule has 1 rings (SSSR count). The lowest BCUT2D eigenvalue weighted by molar-refractivity contribution is 0.0569. The minimum absolute atomic E-state index is 0.0703. The fourth-order valence-corrected chi connectivity index (χ4v) is 2.89. The molecule has 0 spiro atoms. The van der Waals surface area contributed by atoms with Crippen molar-refractivity contribution in [1.29, 1.82) is 0 Å². The molecule has 1 fully saturated rings. The zero-order chi connectivity index (χ0) is 12.4. The third-order valence-corrected chi connectivity index (χ3v) is 4.02. The van der Waals surface area contributed by atoms with Gasteiger partial charge in [-0.1, -0.05) is 26.7 Å². The van der Waals surface area contributed by atoms with E-state index in [0.29, 0.717) is 5.41 Å². The summed E-state index contributed by atoms with van der Waals surface area (Å²) in [5, 5.41) is 0. The summed E-state index contributed by atoms with van der Waals surface area (Å²) >= 11 is 0. The number of nitrogens with zero attached hydrogens (tertiary/aromatic N) is 1. The Kier molecular flexibility index (Phi) is 4.07. The van der Waals surface area contributed by atoms with E-state index in [1.54, 1.807) is 0 Å². The molecule has 1 heterocycles. The fraction of sp³-hybridized carbons (Fsp3) is 0.867. The Morgan fingerprint density at radius 2 is 1.81 bits per heavy atom. The normalized spacial score (nSPS) is 22.1. The maximum atomic E-state index is 5.59. The number of terminal acetylenes is 1. The monoisotopic (exact) mass is 221 g/mol. The summed E-state index contributed by atoms with van der Waals surface area (Å²) in [4.78, 5) is 2.45. The predicted octanol–water partition coefficient (Wildman–Crippen LogP) is 3.55. The van der Waals surface area contributed by atoms with Gasteiger partial charge in [0.15, 0.2) is 0 Å². The van der Waals surface area contributed by atoms with E-state index < -0.39 is 0 Å². The molecule has 0 aromatic carbocycles. The highest BCUT2D eigenvalue weighted by atomic mass is 15.2. The van der Waals surface area contributed by atoms with Gasteiger partial charge in [0.1, 0.15) is 0 Å². The summed E-state index contributed by atoms with van der Waals surface area (Å²) in [6.45, 7) is 13.7. The zero-order valence-electron chi connectivity index (χ0n) is 11.6. The van der Waals surface area contributed by atoms with Crippen LogP contribution >= 0.6 is 0 Å². The van der Waals surface area contributed by atoms with Gasteiger partial charge in [0, 0.05) is 13.1 Å². The van der Waals surface area contributed by atoms with E-state index in [4.69, 9.17) is 6.42 Å². The van der Waals surface area contributed by atoms with Crippen molar-refractivity contribution in [3.05, 3.63) is 0 Å². The molecular weight excluding hydrogens is 194 g/mol. The van der Waals surface area contributed by atoms with Crippen LogP contribution in [-0.2, 0) is 0 Å². The predicted molar refractivity (Wildman–Crippen MR) is 71.3 cm³/mol. The second-order valence-electron chi connectivity index (χ2n) is 6.60. The van der Waals surface area contributed by atoms with Gasteiger partial charge in [-0.15, -0.1) is 6.42 Å². The standard InChI is InChI=1S/C15H27N/c1-7-14(4,5)16-10-8-15(6,9-11-16)12-13(2)3/h1,13H,8-12H2,2-6H3. The first-order valence-electron chi connectivity index (χ1n) is 6.52. The van der Waals surface area contributed by atoms with Gasteiger partial charge in [-0.05, 0) is 44.4 Å². The van der Waals surface area contributed by atoms with Crippen LogP contribution in [0, 0.1) is 23.7 Å². The van der Waals surface area contributed by atoms with Gasteiger partial charge in [0.2, 0.25) is 0 Å². The summed E-state index contributed by atoms with van der Waals surface area (Å²) in [7, 11) is 0. The van der Waals surface area contributed by atoms with Crippen LogP contribution in [0.4, 0.5) is 0 Å². The van der Waals surface area contributed by atoms with E-state index in [1.165, 1.54) is 19.3 Å². The van der Waals surface area contributed by atoms with E-state index in [1.807, 2.05) is 0 Å². The van der Waals surface area contributed by atoms with Crippen molar-refractivity contribution in [2.24, 2.45) is 11.3 Å². The maximum absolute atomic E-state index is 5.59. The Morgan fingerprint density at radius 3 is 2.19 bits per heavy atom. The fourth-order valence-electron chi connectivity index (χ4n) is 2.89. The Morgan fingerprint density at radius 1 is 1.31 bits per heavy atom. The van der Waals surface area contributed by atoms with Crippen LogP contribution < -0.4 is 0 Å². The molecule has 1 saturated heterocycles. The zero-order valence-corrected chi connectivity index (χ0v) is 11.6. The van der Waals surface area contributed by atoms with Crippen LogP contribution in [0.25, 0.3) is 0 Å². The van der Waals surface area contributed by atoms with Crippen LogP contribution in [0.5, 0.6) is 0 Å². The molecule has 0 bridgehead atoms. The molecule has 92 valence electrons. The molecule has 0 N–H and O–H groups in total. The average Bonchev–Trinajstić information content (AvgIpc) is 2.16. The van der Waals surface area contributed by atoms with Gasteiger partial charge in [-0.3, -0.25) is 4.90 Å². The highest BCUT2D eigenvalue weighted by molar-refractivity contribution is 5.09. The second-order valence-corrected chi connectivity index (χ2v) is 6.60. The van der Waals surface area contributed by atoms with Crippen LogP contribution in [0.2, 0.25) is 0 Å². The highest BCUT2D eigenvalue weighted by Gasteiger charge is 2.35. The molecule has 16 heavy (non-hydrogen) atoms. The molecule has 1 aliphatic rings. The summed E-state index contributed by atoms with van der Waals surface area (Å²) < 4.78 is 0. The Hall–Kier alpha value is -0.480. The number of hydrogen-bond acceptors (Lipinski definition) is 1. The van der Waals surface area contributed by atoms with Crippen molar-refractivity contribution < 1.29 is 0 Å². The lowest BCUT2D eigenvalue weighted by Crippen LogP contribution is -2.49. The van der Waals surface area contributed by atoms with Crippen LogP contribution in [0.15, 0.2) is 0 Å². The molecule has 1 aliphatic heterocycles. The highest BCUT2D eigenvalue weighted by Crippen LogP contribution is 2.38. The van der Waals surface area contributed by atoms with Crippen molar-refractivity contribution in [1.82, 2.24) is 4.90 Å². The van der Waals surface area contributed by atoms with E-state index in [9.17, 15) is 0 Å².